The van der Waals surface area contributed by atoms with Crippen LogP contribution in [0, 0.1) is 5.92 Å². The zero-order valence-corrected chi connectivity index (χ0v) is 18.3. The Bertz CT molecular complexity index is 809. The van der Waals surface area contributed by atoms with E-state index in [4.69, 9.17) is 0 Å². The maximum Gasteiger partial charge on any atom is 0.251 e. The Kier molecular flexibility index (Phi) is 7.19. The number of likely N-dealkylation sites (tertiary alicyclic amines) is 2. The summed E-state index contributed by atoms with van der Waals surface area (Å²) >= 11 is 0. The summed E-state index contributed by atoms with van der Waals surface area (Å²) < 4.78 is 0. The molecular formula is C26H35N3O. The predicted octanol–water partition coefficient (Wildman–Crippen LogP) is 4.44. The maximum atomic E-state index is 12.5. The van der Waals surface area contributed by atoms with Crippen LogP contribution in [-0.2, 0) is 19.6 Å². The lowest BCUT2D eigenvalue weighted by atomic mass is 9.99. The molecule has 2 fully saturated rings. The van der Waals surface area contributed by atoms with Gasteiger partial charge in [-0.05, 0) is 80.1 Å². The van der Waals surface area contributed by atoms with Gasteiger partial charge in [0.2, 0.25) is 0 Å². The smallest absolute Gasteiger partial charge is 0.251 e. The van der Waals surface area contributed by atoms with Gasteiger partial charge in [0.1, 0.15) is 0 Å². The van der Waals surface area contributed by atoms with E-state index in [-0.39, 0.29) is 5.91 Å². The molecule has 2 aromatic carbocycles. The highest BCUT2D eigenvalue weighted by Crippen LogP contribution is 2.18. The summed E-state index contributed by atoms with van der Waals surface area (Å²) in [6.07, 6.45) is 5.28. The molecule has 0 unspecified atom stereocenters. The average molecular weight is 406 g/mol. The topological polar surface area (TPSA) is 35.6 Å². The number of hydrogen-bond acceptors (Lipinski definition) is 3. The normalized spacial score (nSPS) is 20.4. The van der Waals surface area contributed by atoms with E-state index < -0.39 is 0 Å². The lowest BCUT2D eigenvalue weighted by molar-refractivity contribution is 0.0951. The lowest BCUT2D eigenvalue weighted by Gasteiger charge is -2.30. The summed E-state index contributed by atoms with van der Waals surface area (Å²) in [6, 6.07) is 16.8. The number of carbonyl (C=O) groups excluding carboxylic acids is 1. The van der Waals surface area contributed by atoms with Crippen LogP contribution in [0.3, 0.4) is 0 Å². The third-order valence-electron chi connectivity index (χ3n) is 6.44. The average Bonchev–Trinajstić information content (AvgIpc) is 3.27. The Morgan fingerprint density at radius 3 is 2.07 bits per heavy atom. The predicted molar refractivity (Wildman–Crippen MR) is 122 cm³/mol. The Labute approximate surface area is 181 Å². The largest absolute Gasteiger partial charge is 0.348 e. The van der Waals surface area contributed by atoms with E-state index in [9.17, 15) is 4.79 Å². The fourth-order valence-electron chi connectivity index (χ4n) is 4.70. The van der Waals surface area contributed by atoms with Crippen molar-refractivity contribution in [3.63, 3.8) is 0 Å². The molecule has 0 spiro atoms. The molecule has 1 amide bonds. The first-order chi connectivity index (χ1) is 14.7. The van der Waals surface area contributed by atoms with Crippen LogP contribution in [0.25, 0.3) is 0 Å². The number of benzene rings is 2. The van der Waals surface area contributed by atoms with Crippen molar-refractivity contribution in [2.45, 2.75) is 52.2 Å². The van der Waals surface area contributed by atoms with Crippen LogP contribution >= 0.6 is 0 Å². The molecule has 1 atom stereocenters. The second-order valence-electron chi connectivity index (χ2n) is 9.16. The quantitative estimate of drug-likeness (QED) is 0.739. The van der Waals surface area contributed by atoms with Gasteiger partial charge < -0.3 is 5.32 Å². The first kappa shape index (κ1) is 21.1. The molecule has 2 aromatic rings. The van der Waals surface area contributed by atoms with E-state index >= 15 is 0 Å². The van der Waals surface area contributed by atoms with Crippen molar-refractivity contribution >= 4 is 5.91 Å². The molecule has 0 saturated carbocycles. The molecule has 0 radical (unpaired) electrons. The molecule has 2 aliphatic heterocycles. The summed E-state index contributed by atoms with van der Waals surface area (Å²) in [5.41, 5.74) is 4.51. The number of hydrogen-bond donors (Lipinski definition) is 1. The minimum atomic E-state index is -0.00529. The van der Waals surface area contributed by atoms with Gasteiger partial charge in [-0.2, -0.15) is 0 Å². The molecule has 4 rings (SSSR count). The van der Waals surface area contributed by atoms with Crippen LogP contribution in [0.4, 0.5) is 0 Å². The third kappa shape index (κ3) is 5.93. The van der Waals surface area contributed by atoms with Crippen LogP contribution in [0.15, 0.2) is 48.5 Å². The van der Waals surface area contributed by atoms with Gasteiger partial charge in [0, 0.05) is 31.7 Å². The molecule has 0 aliphatic carbocycles. The van der Waals surface area contributed by atoms with Gasteiger partial charge in [0.15, 0.2) is 0 Å². The first-order valence-corrected chi connectivity index (χ1v) is 11.6. The molecule has 4 heteroatoms. The van der Waals surface area contributed by atoms with E-state index in [1.165, 1.54) is 63.0 Å². The van der Waals surface area contributed by atoms with Crippen molar-refractivity contribution in [1.29, 1.82) is 0 Å². The van der Waals surface area contributed by atoms with Gasteiger partial charge in [0.25, 0.3) is 5.91 Å². The Balaban J connectivity index is 1.24. The van der Waals surface area contributed by atoms with Crippen LogP contribution in [0.5, 0.6) is 0 Å². The zero-order chi connectivity index (χ0) is 20.8. The highest BCUT2D eigenvalue weighted by molar-refractivity contribution is 5.94. The van der Waals surface area contributed by atoms with Gasteiger partial charge in [-0.3, -0.25) is 14.6 Å². The van der Waals surface area contributed by atoms with Crippen LogP contribution in [0.1, 0.15) is 59.7 Å². The number of piperidine rings is 1. The Hall–Kier alpha value is -2.17. The van der Waals surface area contributed by atoms with E-state index in [2.05, 4.69) is 58.4 Å². The van der Waals surface area contributed by atoms with Crippen molar-refractivity contribution in [3.05, 3.63) is 70.8 Å². The van der Waals surface area contributed by atoms with E-state index in [1.807, 2.05) is 12.1 Å². The highest BCUT2D eigenvalue weighted by atomic mass is 16.1. The van der Waals surface area contributed by atoms with Gasteiger partial charge in [0.05, 0.1) is 0 Å². The molecule has 2 saturated heterocycles. The van der Waals surface area contributed by atoms with Crippen molar-refractivity contribution in [3.8, 4) is 0 Å². The monoisotopic (exact) mass is 405 g/mol. The number of carbonyl (C=O) groups is 1. The van der Waals surface area contributed by atoms with Crippen LogP contribution in [0.2, 0.25) is 0 Å². The summed E-state index contributed by atoms with van der Waals surface area (Å²) in [4.78, 5) is 17.6. The zero-order valence-electron chi connectivity index (χ0n) is 18.3. The molecule has 2 heterocycles. The van der Waals surface area contributed by atoms with Crippen LogP contribution in [-0.4, -0.2) is 41.9 Å². The van der Waals surface area contributed by atoms with Gasteiger partial charge >= 0.3 is 0 Å². The molecule has 4 nitrogen and oxygen atoms in total. The second-order valence-corrected chi connectivity index (χ2v) is 9.16. The number of amides is 1. The van der Waals surface area contributed by atoms with Crippen LogP contribution < -0.4 is 5.32 Å². The minimum absolute atomic E-state index is 0.00529. The van der Waals surface area contributed by atoms with Crippen molar-refractivity contribution in [2.24, 2.45) is 5.92 Å². The first-order valence-electron chi connectivity index (χ1n) is 11.6. The second kappa shape index (κ2) is 10.2. The fraction of sp³-hybridized carbons (Fsp3) is 0.500. The molecule has 2 aliphatic rings. The summed E-state index contributed by atoms with van der Waals surface area (Å²) in [5.74, 6) is 0.785. The van der Waals surface area contributed by atoms with Crippen molar-refractivity contribution in [1.82, 2.24) is 15.1 Å². The van der Waals surface area contributed by atoms with Gasteiger partial charge in [-0.15, -0.1) is 0 Å². The maximum absolute atomic E-state index is 12.5. The molecule has 1 N–H and O–H groups in total. The standard InChI is InChI=1S/C26H35N3O/c1-21-5-4-16-29(18-21)20-24-10-12-25(13-11-24)26(30)27-17-22-6-8-23(9-7-22)19-28-14-2-3-15-28/h6-13,21H,2-5,14-20H2,1H3,(H,27,30)/t21-/m1/s1. The SMILES string of the molecule is C[C@@H]1CCCN(Cc2ccc(C(=O)NCc3ccc(CN4CCCC4)cc3)cc2)C1. The Morgan fingerprint density at radius 1 is 0.833 bits per heavy atom. The highest BCUT2D eigenvalue weighted by Gasteiger charge is 2.16. The Morgan fingerprint density at radius 2 is 1.40 bits per heavy atom. The van der Waals surface area contributed by atoms with E-state index in [1.54, 1.807) is 0 Å². The van der Waals surface area contributed by atoms with E-state index in [0.29, 0.717) is 6.54 Å². The van der Waals surface area contributed by atoms with Crippen molar-refractivity contribution < 1.29 is 4.79 Å². The summed E-state index contributed by atoms with van der Waals surface area (Å²) in [5, 5.41) is 3.05. The molecule has 0 bridgehead atoms. The number of nitrogens with zero attached hydrogens (tertiary/aromatic N) is 2. The summed E-state index contributed by atoms with van der Waals surface area (Å²) in [6.45, 7) is 9.71. The number of nitrogens with one attached hydrogen (secondary N) is 1. The minimum Gasteiger partial charge on any atom is -0.348 e. The molecule has 160 valence electrons. The van der Waals surface area contributed by atoms with Crippen molar-refractivity contribution in [2.75, 3.05) is 26.2 Å². The van der Waals surface area contributed by atoms with Gasteiger partial charge in [-0.25, -0.2) is 0 Å². The van der Waals surface area contributed by atoms with E-state index in [0.717, 1.165) is 30.1 Å². The number of rotatable bonds is 7. The summed E-state index contributed by atoms with van der Waals surface area (Å²) in [7, 11) is 0. The lowest BCUT2D eigenvalue weighted by Crippen LogP contribution is -2.33. The molecule has 30 heavy (non-hydrogen) atoms. The van der Waals surface area contributed by atoms with Gasteiger partial charge in [-0.1, -0.05) is 43.3 Å². The third-order valence-corrected chi connectivity index (χ3v) is 6.44. The molecule has 0 aromatic heterocycles. The fourth-order valence-corrected chi connectivity index (χ4v) is 4.70. The molecular weight excluding hydrogens is 370 g/mol.